The number of carbonyl (C=O) groups is 1. The minimum absolute atomic E-state index is 0.0417. The molecule has 2 N–H and O–H groups in total. The molecule has 3 aromatic rings. The molecule has 0 spiro atoms. The summed E-state index contributed by atoms with van der Waals surface area (Å²) in [5.41, 5.74) is 4.91. The number of hydrogen-bond donors (Lipinski definition) is 2. The van der Waals surface area contributed by atoms with Gasteiger partial charge < -0.3 is 4.74 Å². The lowest BCUT2D eigenvalue weighted by Crippen LogP contribution is -2.16. The molecule has 0 atom stereocenters. The van der Waals surface area contributed by atoms with Gasteiger partial charge in [0.1, 0.15) is 4.90 Å². The number of rotatable bonds is 10. The number of benzene rings is 2. The van der Waals surface area contributed by atoms with E-state index in [0.717, 1.165) is 16.5 Å². The average Bonchev–Trinajstić information content (AvgIpc) is 3.35. The van der Waals surface area contributed by atoms with Crippen LogP contribution in [-0.4, -0.2) is 32.1 Å². The van der Waals surface area contributed by atoms with Crippen LogP contribution in [0.1, 0.15) is 28.8 Å². The molecule has 12 heteroatoms. The molecule has 0 aliphatic carbocycles. The second-order valence-electron chi connectivity index (χ2n) is 7.59. The number of aryl methyl sites for hydroxylation is 2. The first-order chi connectivity index (χ1) is 16.6. The Morgan fingerprint density at radius 3 is 2.49 bits per heavy atom. The predicted molar refractivity (Wildman–Crippen MR) is 136 cm³/mol. The van der Waals surface area contributed by atoms with Crippen molar-refractivity contribution in [3.8, 4) is 0 Å². The van der Waals surface area contributed by atoms with Gasteiger partial charge >= 0.3 is 5.97 Å². The Hall–Kier alpha value is -3.77. The molecule has 3 rings (SSSR count). The summed E-state index contributed by atoms with van der Waals surface area (Å²) < 4.78 is 33.8. The van der Waals surface area contributed by atoms with Gasteiger partial charge in [-0.25, -0.2) is 8.42 Å². The third-order valence-electron chi connectivity index (χ3n) is 5.00. The molecule has 0 radical (unpaired) electrons. The molecular formula is C23H24N4O6S2. The maximum atomic E-state index is 13.3. The van der Waals surface area contributed by atoms with Crippen molar-refractivity contribution in [2.45, 2.75) is 31.6 Å². The van der Waals surface area contributed by atoms with Crippen LogP contribution in [0.3, 0.4) is 0 Å². The summed E-state index contributed by atoms with van der Waals surface area (Å²) in [7, 11) is -2.93. The molecular weight excluding hydrogens is 492 g/mol. The molecule has 35 heavy (non-hydrogen) atoms. The van der Waals surface area contributed by atoms with E-state index in [9.17, 15) is 23.3 Å². The quantitative estimate of drug-likeness (QED) is 0.170. The van der Waals surface area contributed by atoms with Crippen LogP contribution >= 0.6 is 11.3 Å². The highest BCUT2D eigenvalue weighted by molar-refractivity contribution is 7.92. The van der Waals surface area contributed by atoms with Crippen molar-refractivity contribution in [3.63, 3.8) is 0 Å². The molecule has 0 aliphatic rings. The van der Waals surface area contributed by atoms with Crippen molar-refractivity contribution in [3.05, 3.63) is 80.0 Å². The lowest BCUT2D eigenvalue weighted by Gasteiger charge is -2.14. The van der Waals surface area contributed by atoms with Crippen LogP contribution in [0.5, 0.6) is 0 Å². The molecule has 1 aromatic heterocycles. The molecule has 0 saturated heterocycles. The topological polar surface area (TPSA) is 140 Å². The number of carbonyl (C=O) groups excluding carboxylic acids is 1. The molecule has 0 fully saturated rings. The predicted octanol–water partition coefficient (Wildman–Crippen LogP) is 4.84. The third kappa shape index (κ3) is 6.64. The number of anilines is 2. The van der Waals surface area contributed by atoms with Crippen LogP contribution in [0.2, 0.25) is 0 Å². The van der Waals surface area contributed by atoms with Crippen LogP contribution in [-0.2, 0) is 19.6 Å². The van der Waals surface area contributed by atoms with Crippen molar-refractivity contribution in [2.24, 2.45) is 5.10 Å². The number of esters is 1. The van der Waals surface area contributed by atoms with Crippen LogP contribution in [0.4, 0.5) is 17.1 Å². The second-order valence-corrected chi connectivity index (χ2v) is 10.2. The van der Waals surface area contributed by atoms with E-state index < -0.39 is 20.9 Å². The zero-order valence-electron chi connectivity index (χ0n) is 19.3. The number of non-ortho nitro benzene ring substituents is 1. The van der Waals surface area contributed by atoms with Crippen molar-refractivity contribution >= 4 is 50.1 Å². The summed E-state index contributed by atoms with van der Waals surface area (Å²) in [6.45, 7) is 3.65. The monoisotopic (exact) mass is 516 g/mol. The van der Waals surface area contributed by atoms with Gasteiger partial charge in [-0.3, -0.25) is 25.1 Å². The summed E-state index contributed by atoms with van der Waals surface area (Å²) in [5.74, 6) is -0.412. The van der Waals surface area contributed by atoms with E-state index in [1.807, 2.05) is 30.5 Å². The van der Waals surface area contributed by atoms with E-state index in [2.05, 4.69) is 15.2 Å². The molecule has 0 unspecified atom stereocenters. The fourth-order valence-corrected chi connectivity index (χ4v) is 5.25. The lowest BCUT2D eigenvalue weighted by molar-refractivity contribution is -0.385. The van der Waals surface area contributed by atoms with Crippen LogP contribution in [0.25, 0.3) is 0 Å². The normalized spacial score (nSPS) is 11.7. The molecule has 184 valence electrons. The van der Waals surface area contributed by atoms with E-state index in [-0.39, 0.29) is 29.1 Å². The van der Waals surface area contributed by atoms with Crippen LogP contribution < -0.4 is 10.1 Å². The lowest BCUT2D eigenvalue weighted by atomic mass is 10.1. The van der Waals surface area contributed by atoms with E-state index >= 15 is 0 Å². The number of nitrogens with one attached hydrogen (secondary N) is 2. The summed E-state index contributed by atoms with van der Waals surface area (Å²) in [6, 6.07) is 12.3. The van der Waals surface area contributed by atoms with Crippen molar-refractivity contribution in [1.29, 1.82) is 0 Å². The standard InChI is InChI=1S/C23H24N4O6S2/c1-15-6-8-18(16(2)13-15)26-35(31,32)22-14-17(27(29)30)7-9-20(22)25-24-19(10-11-23(28)33-3)21-5-4-12-34-21/h4-9,12-14,25-26H,10-11H2,1-3H3. The first kappa shape index (κ1) is 25.8. The first-order valence-electron chi connectivity index (χ1n) is 10.4. The maximum absolute atomic E-state index is 13.3. The highest BCUT2D eigenvalue weighted by Crippen LogP contribution is 2.29. The Bertz CT molecular complexity index is 1370. The number of nitro benzene ring substituents is 1. The minimum Gasteiger partial charge on any atom is -0.469 e. The molecule has 0 aliphatic heterocycles. The van der Waals surface area contributed by atoms with E-state index in [1.54, 1.807) is 19.1 Å². The Labute approximate surface area is 206 Å². The summed E-state index contributed by atoms with van der Waals surface area (Å²) in [6.07, 6.45) is 0.324. The number of nitrogens with zero attached hydrogens (tertiary/aromatic N) is 2. The Morgan fingerprint density at radius 2 is 1.86 bits per heavy atom. The van der Waals surface area contributed by atoms with Crippen molar-refractivity contribution < 1.29 is 22.9 Å². The third-order valence-corrected chi connectivity index (χ3v) is 7.33. The SMILES string of the molecule is COC(=O)CCC(=NNc1ccc([N+](=O)[O-])cc1S(=O)(=O)Nc1ccc(C)cc1C)c1cccs1. The zero-order valence-corrected chi connectivity index (χ0v) is 20.9. The first-order valence-corrected chi connectivity index (χ1v) is 12.8. The van der Waals surface area contributed by atoms with Gasteiger partial charge in [-0.05, 0) is 43.0 Å². The Morgan fingerprint density at radius 1 is 1.11 bits per heavy atom. The number of nitro groups is 1. The van der Waals surface area contributed by atoms with Gasteiger partial charge in [0, 0.05) is 18.6 Å². The zero-order chi connectivity index (χ0) is 25.6. The van der Waals surface area contributed by atoms with Crippen LogP contribution in [0.15, 0.2) is 63.9 Å². The van der Waals surface area contributed by atoms with E-state index in [4.69, 9.17) is 4.74 Å². The molecule has 0 saturated carbocycles. The fourth-order valence-electron chi connectivity index (χ4n) is 3.19. The van der Waals surface area contributed by atoms with Crippen molar-refractivity contribution in [2.75, 3.05) is 17.3 Å². The van der Waals surface area contributed by atoms with Crippen LogP contribution in [0, 0.1) is 24.0 Å². The smallest absolute Gasteiger partial charge is 0.305 e. The summed E-state index contributed by atoms with van der Waals surface area (Å²) in [5, 5.41) is 17.5. The molecule has 1 heterocycles. The summed E-state index contributed by atoms with van der Waals surface area (Å²) in [4.78, 5) is 22.7. The van der Waals surface area contributed by atoms with Gasteiger partial charge in [0.2, 0.25) is 0 Å². The summed E-state index contributed by atoms with van der Waals surface area (Å²) >= 11 is 1.40. The minimum atomic E-state index is -4.22. The van der Waals surface area contributed by atoms with Gasteiger partial charge in [-0.1, -0.05) is 23.8 Å². The van der Waals surface area contributed by atoms with Gasteiger partial charge in [-0.2, -0.15) is 5.10 Å². The molecule has 2 aromatic carbocycles. The second kappa shape index (κ2) is 11.1. The molecule has 10 nitrogen and oxygen atoms in total. The number of hydrazone groups is 1. The number of sulfonamides is 1. The average molecular weight is 517 g/mol. The number of hydrogen-bond acceptors (Lipinski definition) is 9. The van der Waals surface area contributed by atoms with E-state index in [0.29, 0.717) is 17.0 Å². The maximum Gasteiger partial charge on any atom is 0.305 e. The highest BCUT2D eigenvalue weighted by Gasteiger charge is 2.23. The van der Waals surface area contributed by atoms with Gasteiger partial charge in [0.25, 0.3) is 15.7 Å². The van der Waals surface area contributed by atoms with Gasteiger partial charge in [-0.15, -0.1) is 11.3 Å². The van der Waals surface area contributed by atoms with Gasteiger partial charge in [0.15, 0.2) is 0 Å². The molecule has 0 amide bonds. The molecule has 0 bridgehead atoms. The highest BCUT2D eigenvalue weighted by atomic mass is 32.2. The fraction of sp³-hybridized carbons (Fsp3) is 0.217. The number of methoxy groups -OCH3 is 1. The Kier molecular flexibility index (Phi) is 8.20. The Balaban J connectivity index is 2.00. The number of ether oxygens (including phenoxy) is 1. The number of thiophene rings is 1. The van der Waals surface area contributed by atoms with E-state index in [1.165, 1.54) is 30.6 Å². The van der Waals surface area contributed by atoms with Gasteiger partial charge in [0.05, 0.1) is 40.4 Å². The largest absolute Gasteiger partial charge is 0.469 e. The van der Waals surface area contributed by atoms with Crippen molar-refractivity contribution in [1.82, 2.24) is 0 Å².